The number of carbonyl (C=O) groups excluding carboxylic acids is 2. The highest BCUT2D eigenvalue weighted by Gasteiger charge is 2.44. The molecular weight excluding hydrogens is 967 g/mol. The number of hydrogen-bond donors (Lipinski definition) is 6. The summed E-state index contributed by atoms with van der Waals surface area (Å²) < 4.78 is 16.7. The molecule has 0 aliphatic carbocycles. The number of allylic oxidation sites excluding steroid dienone is 1. The van der Waals surface area contributed by atoms with E-state index in [1.807, 2.05) is 6.08 Å². The van der Waals surface area contributed by atoms with Crippen LogP contribution in [0.15, 0.2) is 12.2 Å². The van der Waals surface area contributed by atoms with E-state index in [-0.39, 0.29) is 18.5 Å². The number of rotatable bonds is 59. The minimum atomic E-state index is -1.57. The Morgan fingerprint density at radius 3 is 1.21 bits per heavy atom. The highest BCUT2D eigenvalue weighted by Crippen LogP contribution is 2.23. The number of carbonyl (C=O) groups is 2. The first kappa shape index (κ1) is 73.4. The van der Waals surface area contributed by atoms with E-state index in [0.717, 1.165) is 57.8 Å². The van der Waals surface area contributed by atoms with Gasteiger partial charge in [0.15, 0.2) is 6.29 Å². The molecule has 7 atom stereocenters. The van der Waals surface area contributed by atoms with Crippen molar-refractivity contribution < 1.29 is 49.3 Å². The third-order valence-corrected chi connectivity index (χ3v) is 16.2. The SMILES string of the molecule is CCCCCCCCC/C=C/C(O)C(COC1OC(CO)C(O)C(O)C1O)NC(=O)CCCCCCCCCCCCCCCCCCCCCCCCCCOC(=O)CCCCCCCCCCCCCCCCCC. The van der Waals surface area contributed by atoms with Crippen LogP contribution in [0.3, 0.4) is 0 Å². The molecule has 456 valence electrons. The number of nitrogens with one attached hydrogen (secondary N) is 1. The lowest BCUT2D eigenvalue weighted by atomic mass is 9.99. The molecule has 1 fully saturated rings. The Labute approximate surface area is 474 Å². The fourth-order valence-corrected chi connectivity index (χ4v) is 10.8. The monoisotopic (exact) mass is 1090 g/mol. The number of aliphatic hydroxyl groups excluding tert-OH is 5. The summed E-state index contributed by atoms with van der Waals surface area (Å²) in [5.41, 5.74) is 0. The minimum absolute atomic E-state index is 0.00842. The maximum atomic E-state index is 13.0. The number of hydrogen-bond acceptors (Lipinski definition) is 10. The Kier molecular flexibility index (Phi) is 53.6. The van der Waals surface area contributed by atoms with Gasteiger partial charge < -0.3 is 45.1 Å². The number of esters is 1. The second-order valence-corrected chi connectivity index (χ2v) is 23.5. The van der Waals surface area contributed by atoms with E-state index in [9.17, 15) is 35.1 Å². The average Bonchev–Trinajstić information content (AvgIpc) is 3.43. The molecule has 0 radical (unpaired) electrons. The van der Waals surface area contributed by atoms with Crippen molar-refractivity contribution in [1.82, 2.24) is 5.32 Å². The van der Waals surface area contributed by atoms with Crippen LogP contribution in [0, 0.1) is 0 Å². The van der Waals surface area contributed by atoms with E-state index in [1.54, 1.807) is 6.08 Å². The molecule has 77 heavy (non-hydrogen) atoms. The third-order valence-electron chi connectivity index (χ3n) is 16.2. The van der Waals surface area contributed by atoms with Crippen molar-refractivity contribution >= 4 is 11.9 Å². The lowest BCUT2D eigenvalue weighted by molar-refractivity contribution is -0.302. The van der Waals surface area contributed by atoms with Gasteiger partial charge in [0.05, 0.1) is 32.0 Å². The molecule has 0 spiro atoms. The zero-order valence-corrected chi connectivity index (χ0v) is 50.5. The summed E-state index contributed by atoms with van der Waals surface area (Å²) >= 11 is 0. The van der Waals surface area contributed by atoms with Crippen molar-refractivity contribution in [2.45, 2.75) is 378 Å². The topological polar surface area (TPSA) is 175 Å². The van der Waals surface area contributed by atoms with Crippen LogP contribution >= 0.6 is 0 Å². The molecule has 1 amide bonds. The first-order valence-electron chi connectivity index (χ1n) is 33.5. The molecular formula is C66H127NO10. The fraction of sp³-hybridized carbons (Fsp3) is 0.939. The molecule has 0 aromatic heterocycles. The summed E-state index contributed by atoms with van der Waals surface area (Å²) in [5.74, 6) is -0.172. The molecule has 1 rings (SSSR count). The van der Waals surface area contributed by atoms with Gasteiger partial charge >= 0.3 is 5.97 Å². The predicted molar refractivity (Wildman–Crippen MR) is 320 cm³/mol. The van der Waals surface area contributed by atoms with Crippen molar-refractivity contribution in [2.24, 2.45) is 0 Å². The zero-order valence-electron chi connectivity index (χ0n) is 50.5. The average molecular weight is 1090 g/mol. The Bertz CT molecular complexity index is 1280. The fourth-order valence-electron chi connectivity index (χ4n) is 10.8. The second-order valence-electron chi connectivity index (χ2n) is 23.5. The largest absolute Gasteiger partial charge is 0.466 e. The van der Waals surface area contributed by atoms with Crippen LogP contribution in [0.1, 0.15) is 335 Å². The molecule has 11 nitrogen and oxygen atoms in total. The van der Waals surface area contributed by atoms with Crippen LogP contribution in [-0.4, -0.2) is 100 Å². The maximum absolute atomic E-state index is 13.0. The molecule has 0 saturated carbocycles. The van der Waals surface area contributed by atoms with Crippen molar-refractivity contribution in [3.05, 3.63) is 12.2 Å². The summed E-state index contributed by atoms with van der Waals surface area (Å²) in [7, 11) is 0. The van der Waals surface area contributed by atoms with Gasteiger partial charge in [0.25, 0.3) is 0 Å². The van der Waals surface area contributed by atoms with Gasteiger partial charge in [-0.1, -0.05) is 302 Å². The van der Waals surface area contributed by atoms with E-state index in [2.05, 4.69) is 19.2 Å². The summed E-state index contributed by atoms with van der Waals surface area (Å²) in [6, 6.07) is -0.807. The molecule has 0 bridgehead atoms. The second kappa shape index (κ2) is 56.3. The van der Waals surface area contributed by atoms with Crippen LogP contribution < -0.4 is 5.32 Å². The summed E-state index contributed by atoms with van der Waals surface area (Å²) in [6.07, 6.45) is 57.7. The number of aliphatic hydroxyl groups is 5. The van der Waals surface area contributed by atoms with Crippen LogP contribution in [0.4, 0.5) is 0 Å². The van der Waals surface area contributed by atoms with E-state index < -0.39 is 49.5 Å². The van der Waals surface area contributed by atoms with Crippen LogP contribution in [0.2, 0.25) is 0 Å². The van der Waals surface area contributed by atoms with Gasteiger partial charge in [-0.15, -0.1) is 0 Å². The van der Waals surface area contributed by atoms with E-state index >= 15 is 0 Å². The Balaban J connectivity index is 1.93. The first-order chi connectivity index (χ1) is 37.7. The summed E-state index contributed by atoms with van der Waals surface area (Å²) in [6.45, 7) is 4.35. The lowest BCUT2D eigenvalue weighted by Gasteiger charge is -2.40. The molecule has 7 unspecified atom stereocenters. The van der Waals surface area contributed by atoms with Crippen LogP contribution in [-0.2, 0) is 23.8 Å². The standard InChI is InChI=1S/C66H127NO10/c1-3-5-7-9-11-13-14-15-16-28-31-34-38-42-46-50-54-62(71)75-55-51-47-43-39-35-32-29-26-24-22-20-18-17-19-21-23-25-27-30-33-37-41-45-49-53-61(70)67-58(59(69)52-48-44-40-36-12-10-8-6-4-2)57-76-66-65(74)64(73)63(72)60(56-68)77-66/h48,52,58-60,63-66,68-69,72-74H,3-47,49-51,53-57H2,1-2H3,(H,67,70)/b52-48+. The molecule has 1 heterocycles. The van der Waals surface area contributed by atoms with Crippen molar-refractivity contribution in [2.75, 3.05) is 19.8 Å². The quantitative estimate of drug-likeness (QED) is 0.0195. The lowest BCUT2D eigenvalue weighted by Crippen LogP contribution is -2.60. The van der Waals surface area contributed by atoms with Gasteiger partial charge in [-0.25, -0.2) is 0 Å². The molecule has 1 aliphatic rings. The Hall–Kier alpha value is -1.60. The minimum Gasteiger partial charge on any atom is -0.466 e. The third kappa shape index (κ3) is 45.7. The van der Waals surface area contributed by atoms with Crippen molar-refractivity contribution in [3.63, 3.8) is 0 Å². The molecule has 1 saturated heterocycles. The van der Waals surface area contributed by atoms with Gasteiger partial charge in [0.2, 0.25) is 5.91 Å². The van der Waals surface area contributed by atoms with Crippen molar-refractivity contribution in [3.8, 4) is 0 Å². The highest BCUT2D eigenvalue weighted by atomic mass is 16.7. The number of amides is 1. The molecule has 0 aromatic carbocycles. The Morgan fingerprint density at radius 2 is 0.818 bits per heavy atom. The van der Waals surface area contributed by atoms with Crippen LogP contribution in [0.5, 0.6) is 0 Å². The van der Waals surface area contributed by atoms with E-state index in [0.29, 0.717) is 19.4 Å². The van der Waals surface area contributed by atoms with Crippen LogP contribution in [0.25, 0.3) is 0 Å². The smallest absolute Gasteiger partial charge is 0.305 e. The molecule has 1 aliphatic heterocycles. The van der Waals surface area contributed by atoms with Gasteiger partial charge in [-0.2, -0.15) is 0 Å². The summed E-state index contributed by atoms with van der Waals surface area (Å²) in [4.78, 5) is 25.1. The number of ether oxygens (including phenoxy) is 3. The van der Waals surface area contributed by atoms with E-state index in [1.165, 1.54) is 250 Å². The zero-order chi connectivity index (χ0) is 55.9. The highest BCUT2D eigenvalue weighted by molar-refractivity contribution is 5.76. The van der Waals surface area contributed by atoms with Crippen molar-refractivity contribution in [1.29, 1.82) is 0 Å². The number of unbranched alkanes of at least 4 members (excludes halogenated alkanes) is 45. The maximum Gasteiger partial charge on any atom is 0.305 e. The molecule has 0 aromatic rings. The van der Waals surface area contributed by atoms with Gasteiger partial charge in [-0.3, -0.25) is 9.59 Å². The first-order valence-corrected chi connectivity index (χ1v) is 33.5. The van der Waals surface area contributed by atoms with E-state index in [4.69, 9.17) is 14.2 Å². The van der Waals surface area contributed by atoms with Gasteiger partial charge in [0.1, 0.15) is 24.4 Å². The molecule has 6 N–H and O–H groups in total. The summed E-state index contributed by atoms with van der Waals surface area (Å²) in [5, 5.41) is 54.3. The normalized spacial score (nSPS) is 18.6. The predicted octanol–water partition coefficient (Wildman–Crippen LogP) is 16.3. The van der Waals surface area contributed by atoms with Gasteiger partial charge in [0, 0.05) is 12.8 Å². The van der Waals surface area contributed by atoms with Gasteiger partial charge in [-0.05, 0) is 32.1 Å². The Morgan fingerprint density at radius 1 is 0.468 bits per heavy atom. The molecule has 11 heteroatoms.